The van der Waals surface area contributed by atoms with Crippen molar-refractivity contribution in [1.82, 2.24) is 10.2 Å². The number of piperidine rings is 1. The molecule has 1 aliphatic carbocycles. The minimum Gasteiger partial charge on any atom is -0.481 e. The van der Waals surface area contributed by atoms with Crippen LogP contribution in [0.1, 0.15) is 39.0 Å². The van der Waals surface area contributed by atoms with Gasteiger partial charge in [0.15, 0.2) is 0 Å². The Morgan fingerprint density at radius 1 is 1.29 bits per heavy atom. The second-order valence-corrected chi connectivity index (χ2v) is 5.43. The van der Waals surface area contributed by atoms with Crippen molar-refractivity contribution in [3.63, 3.8) is 0 Å². The Morgan fingerprint density at radius 3 is 2.29 bits per heavy atom. The zero-order valence-electron chi connectivity index (χ0n) is 10.2. The minimum absolute atomic E-state index is 0.0258. The van der Waals surface area contributed by atoms with Gasteiger partial charge in [-0.15, -0.1) is 0 Å². The molecular weight excluding hydrogens is 220 g/mol. The van der Waals surface area contributed by atoms with Gasteiger partial charge in [0.05, 0.1) is 5.41 Å². The number of aliphatic carboxylic acids is 1. The number of hydrogen-bond acceptors (Lipinski definition) is 2. The van der Waals surface area contributed by atoms with Crippen molar-refractivity contribution >= 4 is 12.0 Å². The first-order valence-corrected chi connectivity index (χ1v) is 6.30. The molecule has 2 N–H and O–H groups in total. The molecule has 2 fully saturated rings. The second kappa shape index (κ2) is 4.55. The van der Waals surface area contributed by atoms with Gasteiger partial charge in [-0.2, -0.15) is 0 Å². The first-order chi connectivity index (χ1) is 8.01. The normalized spacial score (nSPS) is 23.9. The molecule has 0 aromatic carbocycles. The lowest BCUT2D eigenvalue weighted by Crippen LogP contribution is -2.52. The number of amides is 2. The number of nitrogens with zero attached hydrogens (tertiary/aromatic N) is 1. The Hall–Kier alpha value is -1.26. The van der Waals surface area contributed by atoms with Gasteiger partial charge in [0, 0.05) is 19.1 Å². The number of carbonyl (C=O) groups is 2. The third-order valence-corrected chi connectivity index (χ3v) is 4.10. The fourth-order valence-electron chi connectivity index (χ4n) is 2.24. The van der Waals surface area contributed by atoms with E-state index < -0.39 is 11.4 Å². The monoisotopic (exact) mass is 240 g/mol. The smallest absolute Gasteiger partial charge is 0.317 e. The first-order valence-electron chi connectivity index (χ1n) is 6.30. The summed E-state index contributed by atoms with van der Waals surface area (Å²) in [5.41, 5.74) is -0.659. The van der Waals surface area contributed by atoms with E-state index in [1.165, 1.54) is 6.42 Å². The molecule has 0 unspecified atom stereocenters. The van der Waals surface area contributed by atoms with Crippen LogP contribution < -0.4 is 5.32 Å². The topological polar surface area (TPSA) is 69.6 Å². The predicted molar refractivity (Wildman–Crippen MR) is 62.7 cm³/mol. The number of likely N-dealkylation sites (tertiary alicyclic amines) is 1. The highest BCUT2D eigenvalue weighted by atomic mass is 16.4. The zero-order chi connectivity index (χ0) is 12.5. The van der Waals surface area contributed by atoms with Crippen molar-refractivity contribution in [3.05, 3.63) is 0 Å². The minimum atomic E-state index is -0.753. The lowest BCUT2D eigenvalue weighted by atomic mass is 9.80. The van der Waals surface area contributed by atoms with Gasteiger partial charge >= 0.3 is 12.0 Å². The van der Waals surface area contributed by atoms with Gasteiger partial charge in [-0.25, -0.2) is 4.79 Å². The molecule has 1 saturated carbocycles. The predicted octanol–water partition coefficient (Wildman–Crippen LogP) is 1.44. The van der Waals surface area contributed by atoms with E-state index in [9.17, 15) is 9.59 Å². The van der Waals surface area contributed by atoms with Gasteiger partial charge in [0.25, 0.3) is 0 Å². The number of carboxylic acids is 1. The van der Waals surface area contributed by atoms with E-state index in [0.717, 1.165) is 12.8 Å². The summed E-state index contributed by atoms with van der Waals surface area (Å²) in [6.45, 7) is 2.85. The van der Waals surface area contributed by atoms with Gasteiger partial charge < -0.3 is 15.3 Å². The molecular formula is C12H20N2O3. The fraction of sp³-hybridized carbons (Fsp3) is 0.833. The molecule has 0 aromatic rings. The van der Waals surface area contributed by atoms with Crippen LogP contribution in [0.25, 0.3) is 0 Å². The molecule has 2 rings (SSSR count). The second-order valence-electron chi connectivity index (χ2n) is 5.43. The zero-order valence-corrected chi connectivity index (χ0v) is 10.2. The van der Waals surface area contributed by atoms with Gasteiger partial charge in [-0.05, 0) is 39.0 Å². The van der Waals surface area contributed by atoms with Crippen molar-refractivity contribution < 1.29 is 14.7 Å². The number of carboxylic acid groups (broad SMARTS) is 1. The molecule has 0 radical (unpaired) electrons. The Morgan fingerprint density at radius 2 is 1.88 bits per heavy atom. The van der Waals surface area contributed by atoms with Crippen molar-refractivity contribution in [2.45, 2.75) is 45.1 Å². The highest BCUT2D eigenvalue weighted by Gasteiger charge is 2.38. The molecule has 0 bridgehead atoms. The van der Waals surface area contributed by atoms with Gasteiger partial charge in [-0.3, -0.25) is 4.79 Å². The summed E-state index contributed by atoms with van der Waals surface area (Å²) < 4.78 is 0. The van der Waals surface area contributed by atoms with Crippen molar-refractivity contribution in [1.29, 1.82) is 0 Å². The third kappa shape index (κ3) is 2.53. The van der Waals surface area contributed by atoms with E-state index in [4.69, 9.17) is 5.11 Å². The molecule has 1 saturated heterocycles. The summed E-state index contributed by atoms with van der Waals surface area (Å²) in [6, 6.07) is 0.317. The molecule has 5 nitrogen and oxygen atoms in total. The van der Waals surface area contributed by atoms with E-state index in [2.05, 4.69) is 5.32 Å². The number of nitrogens with one attached hydrogen (secondary N) is 1. The summed E-state index contributed by atoms with van der Waals surface area (Å²) in [5, 5.41) is 12.1. The summed E-state index contributed by atoms with van der Waals surface area (Å²) in [5.74, 6) is -0.753. The highest BCUT2D eigenvalue weighted by molar-refractivity contribution is 5.77. The van der Waals surface area contributed by atoms with Crippen molar-refractivity contribution in [2.24, 2.45) is 5.41 Å². The Labute approximate surface area is 101 Å². The van der Waals surface area contributed by atoms with Crippen LogP contribution in [0.4, 0.5) is 4.79 Å². The molecule has 0 atom stereocenters. The van der Waals surface area contributed by atoms with Crippen LogP contribution in [0.3, 0.4) is 0 Å². The highest BCUT2D eigenvalue weighted by Crippen LogP contribution is 2.31. The van der Waals surface area contributed by atoms with Crippen LogP contribution >= 0.6 is 0 Å². The fourth-order valence-corrected chi connectivity index (χ4v) is 2.24. The molecule has 1 heterocycles. The molecule has 96 valence electrons. The maximum Gasteiger partial charge on any atom is 0.317 e. The van der Waals surface area contributed by atoms with Gasteiger partial charge in [-0.1, -0.05) is 0 Å². The molecule has 0 spiro atoms. The summed E-state index contributed by atoms with van der Waals surface area (Å²) in [6.07, 6.45) is 4.43. The third-order valence-electron chi connectivity index (χ3n) is 4.10. The standard InChI is InChI=1S/C12H20N2O3/c1-12(10(15)16)5-7-14(8-6-12)11(17)13-9-3-2-4-9/h9H,2-8H2,1H3,(H,13,17)(H,15,16). The van der Waals surface area contributed by atoms with Crippen molar-refractivity contribution in [3.8, 4) is 0 Å². The number of carbonyl (C=O) groups excluding carboxylic acids is 1. The van der Waals surface area contributed by atoms with E-state index in [1.54, 1.807) is 11.8 Å². The van der Waals surface area contributed by atoms with Crippen LogP contribution in [-0.2, 0) is 4.79 Å². The van der Waals surface area contributed by atoms with Crippen LogP contribution in [-0.4, -0.2) is 41.1 Å². The number of urea groups is 1. The van der Waals surface area contributed by atoms with Crippen molar-refractivity contribution in [2.75, 3.05) is 13.1 Å². The number of hydrogen-bond donors (Lipinski definition) is 2. The summed E-state index contributed by atoms with van der Waals surface area (Å²) in [4.78, 5) is 24.7. The van der Waals surface area contributed by atoms with Gasteiger partial charge in [0.1, 0.15) is 0 Å². The maximum atomic E-state index is 11.8. The van der Waals surface area contributed by atoms with E-state index >= 15 is 0 Å². The average Bonchev–Trinajstić information content (AvgIpc) is 2.24. The number of rotatable bonds is 2. The van der Waals surface area contributed by atoms with E-state index in [-0.39, 0.29) is 6.03 Å². The van der Waals surface area contributed by atoms with Crippen LogP contribution in [0.5, 0.6) is 0 Å². The summed E-state index contributed by atoms with van der Waals surface area (Å²) in [7, 11) is 0. The van der Waals surface area contributed by atoms with E-state index in [1.807, 2.05) is 0 Å². The van der Waals surface area contributed by atoms with E-state index in [0.29, 0.717) is 32.0 Å². The molecule has 2 aliphatic rings. The Bertz CT molecular complexity index is 318. The Kier molecular flexibility index (Phi) is 3.26. The van der Waals surface area contributed by atoms with Crippen LogP contribution in [0, 0.1) is 5.41 Å². The average molecular weight is 240 g/mol. The molecule has 0 aromatic heterocycles. The first kappa shape index (κ1) is 12.2. The molecule has 1 aliphatic heterocycles. The summed E-state index contributed by atoms with van der Waals surface area (Å²) >= 11 is 0. The van der Waals surface area contributed by atoms with Gasteiger partial charge in [0.2, 0.25) is 0 Å². The lowest BCUT2D eigenvalue weighted by Gasteiger charge is -2.38. The largest absolute Gasteiger partial charge is 0.481 e. The van der Waals surface area contributed by atoms with Crippen LogP contribution in [0.15, 0.2) is 0 Å². The molecule has 5 heteroatoms. The Balaban J connectivity index is 1.81. The lowest BCUT2D eigenvalue weighted by molar-refractivity contribution is -0.150. The maximum absolute atomic E-state index is 11.8. The quantitative estimate of drug-likeness (QED) is 0.767. The molecule has 17 heavy (non-hydrogen) atoms. The van der Waals surface area contributed by atoms with Crippen LogP contribution in [0.2, 0.25) is 0 Å². The SMILES string of the molecule is CC1(C(=O)O)CCN(C(=O)NC2CCC2)CC1. The molecule has 2 amide bonds.